The van der Waals surface area contributed by atoms with Gasteiger partial charge in [-0.2, -0.15) is 0 Å². The standard InChI is InChI=1S/C8H18N2/c1-2-5-8(9)10-6-3-4-7-10/h8H,2-7,9H2,1H3. The topological polar surface area (TPSA) is 29.3 Å². The number of nitrogens with zero attached hydrogens (tertiary/aromatic N) is 1. The minimum absolute atomic E-state index is 0.340. The van der Waals surface area contributed by atoms with Crippen molar-refractivity contribution >= 4 is 0 Å². The van der Waals surface area contributed by atoms with Gasteiger partial charge in [0, 0.05) is 0 Å². The van der Waals surface area contributed by atoms with Crippen LogP contribution in [0.3, 0.4) is 0 Å². The van der Waals surface area contributed by atoms with Gasteiger partial charge in [-0.15, -0.1) is 0 Å². The van der Waals surface area contributed by atoms with Crippen molar-refractivity contribution in [3.05, 3.63) is 0 Å². The molecule has 0 saturated carbocycles. The molecule has 1 aliphatic rings. The number of rotatable bonds is 3. The highest BCUT2D eigenvalue weighted by Gasteiger charge is 2.16. The van der Waals surface area contributed by atoms with Crippen molar-refractivity contribution in [1.82, 2.24) is 4.90 Å². The van der Waals surface area contributed by atoms with Crippen LogP contribution in [0.1, 0.15) is 32.6 Å². The van der Waals surface area contributed by atoms with Crippen LogP contribution in [0.4, 0.5) is 0 Å². The third-order valence-corrected chi connectivity index (χ3v) is 2.19. The maximum absolute atomic E-state index is 5.92. The first-order chi connectivity index (χ1) is 4.84. The zero-order chi connectivity index (χ0) is 7.40. The molecular weight excluding hydrogens is 124 g/mol. The highest BCUT2D eigenvalue weighted by Crippen LogP contribution is 2.11. The van der Waals surface area contributed by atoms with E-state index in [2.05, 4.69) is 11.8 Å². The van der Waals surface area contributed by atoms with Gasteiger partial charge in [0.05, 0.1) is 6.17 Å². The molecule has 0 aromatic heterocycles. The van der Waals surface area contributed by atoms with Crippen LogP contribution in [-0.2, 0) is 0 Å². The molecule has 1 heterocycles. The number of likely N-dealkylation sites (tertiary alicyclic amines) is 1. The smallest absolute Gasteiger partial charge is 0.0571 e. The summed E-state index contributed by atoms with van der Waals surface area (Å²) in [6.45, 7) is 4.64. The molecule has 0 bridgehead atoms. The quantitative estimate of drug-likeness (QED) is 0.641. The first-order valence-electron chi connectivity index (χ1n) is 4.34. The zero-order valence-corrected chi connectivity index (χ0v) is 6.84. The van der Waals surface area contributed by atoms with Crippen LogP contribution in [0.25, 0.3) is 0 Å². The highest BCUT2D eigenvalue weighted by atomic mass is 15.2. The van der Waals surface area contributed by atoms with Crippen LogP contribution in [0.15, 0.2) is 0 Å². The van der Waals surface area contributed by atoms with Gasteiger partial charge >= 0.3 is 0 Å². The molecule has 0 spiro atoms. The monoisotopic (exact) mass is 142 g/mol. The lowest BCUT2D eigenvalue weighted by molar-refractivity contribution is 0.235. The molecule has 0 amide bonds. The van der Waals surface area contributed by atoms with Crippen molar-refractivity contribution < 1.29 is 0 Å². The van der Waals surface area contributed by atoms with Crippen molar-refractivity contribution in [2.45, 2.75) is 38.8 Å². The van der Waals surface area contributed by atoms with E-state index in [0.717, 1.165) is 6.42 Å². The van der Waals surface area contributed by atoms with E-state index in [9.17, 15) is 0 Å². The number of hydrogen-bond acceptors (Lipinski definition) is 2. The fourth-order valence-corrected chi connectivity index (χ4v) is 1.55. The maximum atomic E-state index is 5.92. The molecule has 1 atom stereocenters. The van der Waals surface area contributed by atoms with Crippen molar-refractivity contribution in [2.24, 2.45) is 5.73 Å². The highest BCUT2D eigenvalue weighted by molar-refractivity contribution is 4.71. The summed E-state index contributed by atoms with van der Waals surface area (Å²) in [6.07, 6.45) is 5.39. The van der Waals surface area contributed by atoms with E-state index in [1.54, 1.807) is 0 Å². The SMILES string of the molecule is CCCC(N)N1CCCC1. The van der Waals surface area contributed by atoms with Crippen LogP contribution < -0.4 is 5.73 Å². The van der Waals surface area contributed by atoms with Gasteiger partial charge in [0.25, 0.3) is 0 Å². The van der Waals surface area contributed by atoms with Gasteiger partial charge < -0.3 is 5.73 Å². The Morgan fingerprint density at radius 3 is 2.50 bits per heavy atom. The zero-order valence-electron chi connectivity index (χ0n) is 6.84. The average Bonchev–Trinajstić information content (AvgIpc) is 2.38. The van der Waals surface area contributed by atoms with Crippen LogP contribution in [0.5, 0.6) is 0 Å². The second kappa shape index (κ2) is 3.94. The third kappa shape index (κ3) is 1.96. The summed E-state index contributed by atoms with van der Waals surface area (Å²) in [4.78, 5) is 2.39. The van der Waals surface area contributed by atoms with Gasteiger partial charge in [-0.25, -0.2) is 0 Å². The summed E-state index contributed by atoms with van der Waals surface area (Å²) >= 11 is 0. The van der Waals surface area contributed by atoms with E-state index in [1.807, 2.05) is 0 Å². The summed E-state index contributed by atoms with van der Waals surface area (Å²) in [5, 5.41) is 0. The molecule has 0 radical (unpaired) electrons. The molecule has 1 saturated heterocycles. The summed E-state index contributed by atoms with van der Waals surface area (Å²) in [6, 6.07) is 0. The lowest BCUT2D eigenvalue weighted by Crippen LogP contribution is -2.39. The van der Waals surface area contributed by atoms with Gasteiger partial charge in [0.1, 0.15) is 0 Å². The molecule has 60 valence electrons. The summed E-state index contributed by atoms with van der Waals surface area (Å²) in [5.41, 5.74) is 5.92. The predicted molar refractivity (Wildman–Crippen MR) is 43.7 cm³/mol. The van der Waals surface area contributed by atoms with E-state index in [0.29, 0.717) is 6.17 Å². The van der Waals surface area contributed by atoms with Gasteiger partial charge in [-0.05, 0) is 32.4 Å². The Morgan fingerprint density at radius 1 is 1.40 bits per heavy atom. The predicted octanol–water partition coefficient (Wildman–Crippen LogP) is 1.17. The van der Waals surface area contributed by atoms with Gasteiger partial charge in [-0.1, -0.05) is 13.3 Å². The van der Waals surface area contributed by atoms with E-state index in [4.69, 9.17) is 5.73 Å². The van der Waals surface area contributed by atoms with Crippen LogP contribution >= 0.6 is 0 Å². The van der Waals surface area contributed by atoms with Crippen LogP contribution in [0, 0.1) is 0 Å². The second-order valence-corrected chi connectivity index (χ2v) is 3.10. The Kier molecular flexibility index (Phi) is 3.16. The maximum Gasteiger partial charge on any atom is 0.0571 e. The molecule has 10 heavy (non-hydrogen) atoms. The van der Waals surface area contributed by atoms with Gasteiger partial charge in [-0.3, -0.25) is 4.90 Å². The van der Waals surface area contributed by atoms with Crippen LogP contribution in [0.2, 0.25) is 0 Å². The van der Waals surface area contributed by atoms with E-state index < -0.39 is 0 Å². The Morgan fingerprint density at radius 2 is 2.00 bits per heavy atom. The largest absolute Gasteiger partial charge is 0.316 e. The molecular formula is C8H18N2. The van der Waals surface area contributed by atoms with E-state index in [-0.39, 0.29) is 0 Å². The van der Waals surface area contributed by atoms with E-state index in [1.165, 1.54) is 32.4 Å². The molecule has 1 fully saturated rings. The molecule has 0 aliphatic carbocycles. The van der Waals surface area contributed by atoms with Gasteiger partial charge in [0.2, 0.25) is 0 Å². The molecule has 0 aromatic carbocycles. The van der Waals surface area contributed by atoms with Crippen molar-refractivity contribution in [2.75, 3.05) is 13.1 Å². The lowest BCUT2D eigenvalue weighted by atomic mass is 10.2. The normalized spacial score (nSPS) is 23.4. The van der Waals surface area contributed by atoms with Crippen LogP contribution in [-0.4, -0.2) is 24.2 Å². The first kappa shape index (κ1) is 8.02. The first-order valence-corrected chi connectivity index (χ1v) is 4.34. The molecule has 2 N–H and O–H groups in total. The molecule has 1 unspecified atom stereocenters. The summed E-state index contributed by atoms with van der Waals surface area (Å²) in [7, 11) is 0. The second-order valence-electron chi connectivity index (χ2n) is 3.10. The fourth-order valence-electron chi connectivity index (χ4n) is 1.55. The Balaban J connectivity index is 2.18. The van der Waals surface area contributed by atoms with Crippen molar-refractivity contribution in [1.29, 1.82) is 0 Å². The van der Waals surface area contributed by atoms with Crippen molar-refractivity contribution in [3.8, 4) is 0 Å². The molecule has 0 aromatic rings. The fraction of sp³-hybridized carbons (Fsp3) is 1.00. The third-order valence-electron chi connectivity index (χ3n) is 2.19. The number of nitrogens with two attached hydrogens (primary N) is 1. The lowest BCUT2D eigenvalue weighted by Gasteiger charge is -2.22. The van der Waals surface area contributed by atoms with Gasteiger partial charge in [0.15, 0.2) is 0 Å². The molecule has 1 aliphatic heterocycles. The van der Waals surface area contributed by atoms with Crippen molar-refractivity contribution in [3.63, 3.8) is 0 Å². The summed E-state index contributed by atoms with van der Waals surface area (Å²) < 4.78 is 0. The Hall–Kier alpha value is -0.0800. The Labute approximate surface area is 63.4 Å². The Bertz CT molecular complexity index is 87.3. The average molecular weight is 142 g/mol. The summed E-state index contributed by atoms with van der Waals surface area (Å²) in [5.74, 6) is 0. The van der Waals surface area contributed by atoms with E-state index >= 15 is 0 Å². The minimum Gasteiger partial charge on any atom is -0.316 e. The molecule has 2 nitrogen and oxygen atoms in total. The minimum atomic E-state index is 0.340. The molecule has 1 rings (SSSR count). The molecule has 2 heteroatoms. The number of hydrogen-bond donors (Lipinski definition) is 1.